The number of rotatable bonds is 4. The van der Waals surface area contributed by atoms with Crippen LogP contribution in [0.1, 0.15) is 17.4 Å². The summed E-state index contributed by atoms with van der Waals surface area (Å²) in [5, 5.41) is 49.4. The average Bonchev–Trinajstić information content (AvgIpc) is 2.90. The largest absolute Gasteiger partial charge is 0.481 e. The number of aryl methyl sites for hydroxylation is 1. The summed E-state index contributed by atoms with van der Waals surface area (Å²) in [6.45, 7) is 1.36. The molecule has 2 aromatic rings. The van der Waals surface area contributed by atoms with Crippen molar-refractivity contribution in [3.63, 3.8) is 0 Å². The van der Waals surface area contributed by atoms with Gasteiger partial charge in [-0.3, -0.25) is 4.79 Å². The maximum atomic E-state index is 11.1. The first-order chi connectivity index (χ1) is 11.8. The van der Waals surface area contributed by atoms with E-state index in [0.29, 0.717) is 16.5 Å². The van der Waals surface area contributed by atoms with Crippen LogP contribution in [-0.2, 0) is 16.0 Å². The summed E-state index contributed by atoms with van der Waals surface area (Å²) in [4.78, 5) is 11.1. The molecule has 2 heterocycles. The third kappa shape index (κ3) is 3.14. The normalized spacial score (nSPS) is 29.9. The molecule has 0 amide bonds. The van der Waals surface area contributed by atoms with Gasteiger partial charge in [0.15, 0.2) is 6.23 Å². The minimum atomic E-state index is -1.50. The zero-order valence-electron chi connectivity index (χ0n) is 13.6. The van der Waals surface area contributed by atoms with Gasteiger partial charge in [-0.05, 0) is 24.6 Å². The third-order valence-corrected chi connectivity index (χ3v) is 4.55. The number of aliphatic hydroxyl groups excluding tert-OH is 4. The number of carboxylic acid groups (broad SMARTS) is 1. The van der Waals surface area contributed by atoms with Crippen molar-refractivity contribution in [3.8, 4) is 0 Å². The Kier molecular flexibility index (Phi) is 4.81. The Balaban J connectivity index is 2.09. The van der Waals surface area contributed by atoms with Crippen LogP contribution < -0.4 is 0 Å². The maximum absolute atomic E-state index is 11.1. The number of aliphatic hydroxyl groups is 4. The quantitative estimate of drug-likeness (QED) is 0.504. The van der Waals surface area contributed by atoms with E-state index in [1.54, 1.807) is 12.3 Å². The van der Waals surface area contributed by atoms with Gasteiger partial charge < -0.3 is 34.8 Å². The lowest BCUT2D eigenvalue weighted by molar-refractivity contribution is -0.250. The number of carboxylic acids is 1. The topological polar surface area (TPSA) is 132 Å². The van der Waals surface area contributed by atoms with E-state index in [2.05, 4.69) is 0 Å². The minimum absolute atomic E-state index is 0.204. The molecular weight excluding hydrogens is 330 g/mol. The number of hydrogen-bond donors (Lipinski definition) is 5. The van der Waals surface area contributed by atoms with E-state index in [4.69, 9.17) is 9.84 Å². The van der Waals surface area contributed by atoms with Gasteiger partial charge in [0.05, 0.1) is 18.5 Å². The van der Waals surface area contributed by atoms with Crippen LogP contribution in [0, 0.1) is 6.92 Å². The number of carbonyl (C=O) groups is 1. The van der Waals surface area contributed by atoms with E-state index >= 15 is 0 Å². The molecule has 8 nitrogen and oxygen atoms in total. The molecule has 1 fully saturated rings. The summed E-state index contributed by atoms with van der Waals surface area (Å²) >= 11 is 0. The second-order valence-corrected chi connectivity index (χ2v) is 6.37. The van der Waals surface area contributed by atoms with E-state index in [1.165, 1.54) is 4.57 Å². The van der Waals surface area contributed by atoms with Crippen molar-refractivity contribution in [2.75, 3.05) is 6.61 Å². The van der Waals surface area contributed by atoms with E-state index in [-0.39, 0.29) is 6.42 Å². The second-order valence-electron chi connectivity index (χ2n) is 6.37. The Morgan fingerprint density at radius 2 is 1.92 bits per heavy atom. The van der Waals surface area contributed by atoms with Gasteiger partial charge >= 0.3 is 5.97 Å². The fraction of sp³-hybridized carbons (Fsp3) is 0.471. The first-order valence-corrected chi connectivity index (χ1v) is 7.96. The molecule has 25 heavy (non-hydrogen) atoms. The van der Waals surface area contributed by atoms with Gasteiger partial charge in [0.1, 0.15) is 24.4 Å². The van der Waals surface area contributed by atoms with Crippen molar-refractivity contribution in [3.05, 3.63) is 35.5 Å². The SMILES string of the molecule is Cc1ccc2c(c1)c(CC(=O)O)cn2[C@@H]1O[C@H](CO)[C@@H](O)[C@H](O)[C@H]1O. The van der Waals surface area contributed by atoms with Crippen LogP contribution >= 0.6 is 0 Å². The molecule has 3 rings (SSSR count). The van der Waals surface area contributed by atoms with Crippen LogP contribution in [0.5, 0.6) is 0 Å². The fourth-order valence-corrected chi connectivity index (χ4v) is 3.27. The summed E-state index contributed by atoms with van der Waals surface area (Å²) in [7, 11) is 0. The lowest BCUT2D eigenvalue weighted by Crippen LogP contribution is -2.56. The summed E-state index contributed by atoms with van der Waals surface area (Å²) in [5.74, 6) is -0.991. The number of aromatic nitrogens is 1. The Morgan fingerprint density at radius 1 is 1.20 bits per heavy atom. The molecule has 1 aromatic carbocycles. The molecule has 5 atom stereocenters. The van der Waals surface area contributed by atoms with Gasteiger partial charge in [-0.25, -0.2) is 0 Å². The number of hydrogen-bond acceptors (Lipinski definition) is 6. The average molecular weight is 351 g/mol. The molecule has 1 saturated heterocycles. The van der Waals surface area contributed by atoms with Crippen molar-refractivity contribution in [2.45, 2.75) is 44.0 Å². The summed E-state index contributed by atoms with van der Waals surface area (Å²) in [6, 6.07) is 5.46. The molecule has 0 bridgehead atoms. The van der Waals surface area contributed by atoms with Crippen LogP contribution in [0.25, 0.3) is 10.9 Å². The zero-order valence-corrected chi connectivity index (χ0v) is 13.6. The van der Waals surface area contributed by atoms with Gasteiger partial charge in [0.25, 0.3) is 0 Å². The van der Waals surface area contributed by atoms with E-state index in [0.717, 1.165) is 5.56 Å². The van der Waals surface area contributed by atoms with E-state index < -0.39 is 43.2 Å². The van der Waals surface area contributed by atoms with Gasteiger partial charge in [0.2, 0.25) is 0 Å². The van der Waals surface area contributed by atoms with Crippen LogP contribution in [0.2, 0.25) is 0 Å². The molecule has 1 aliphatic rings. The number of benzene rings is 1. The number of fused-ring (bicyclic) bond motifs is 1. The summed E-state index contributed by atoms with van der Waals surface area (Å²) < 4.78 is 7.12. The predicted molar refractivity (Wildman–Crippen MR) is 87.0 cm³/mol. The van der Waals surface area contributed by atoms with Gasteiger partial charge in [-0.15, -0.1) is 0 Å². The zero-order chi connectivity index (χ0) is 18.3. The number of nitrogens with zero attached hydrogens (tertiary/aromatic N) is 1. The number of aliphatic carboxylic acids is 1. The lowest BCUT2D eigenvalue weighted by Gasteiger charge is -2.40. The molecule has 1 aliphatic heterocycles. The highest BCUT2D eigenvalue weighted by atomic mass is 16.6. The monoisotopic (exact) mass is 351 g/mol. The highest BCUT2D eigenvalue weighted by molar-refractivity contribution is 5.88. The van der Waals surface area contributed by atoms with Crippen molar-refractivity contribution in [1.29, 1.82) is 0 Å². The van der Waals surface area contributed by atoms with Crippen molar-refractivity contribution < 1.29 is 35.1 Å². The molecule has 0 aliphatic carbocycles. The molecule has 0 saturated carbocycles. The molecule has 0 unspecified atom stereocenters. The van der Waals surface area contributed by atoms with Crippen molar-refractivity contribution in [1.82, 2.24) is 4.57 Å². The number of ether oxygens (including phenoxy) is 1. The van der Waals surface area contributed by atoms with Gasteiger partial charge in [0, 0.05) is 11.6 Å². The molecule has 5 N–H and O–H groups in total. The molecular formula is C17H21NO7. The van der Waals surface area contributed by atoms with E-state index in [1.807, 2.05) is 19.1 Å². The second kappa shape index (κ2) is 6.74. The lowest BCUT2D eigenvalue weighted by atomic mass is 9.98. The maximum Gasteiger partial charge on any atom is 0.307 e. The van der Waals surface area contributed by atoms with Gasteiger partial charge in [-0.2, -0.15) is 0 Å². The standard InChI is InChI=1S/C17H21NO7/c1-8-2-3-11-10(4-8)9(5-13(20)21)6-18(11)17-16(24)15(23)14(22)12(7-19)25-17/h2-4,6,12,14-17,19,22-24H,5,7H2,1H3,(H,20,21)/t12-,14-,15+,16-,17-/m1/s1. The van der Waals surface area contributed by atoms with Crippen LogP contribution in [0.15, 0.2) is 24.4 Å². The third-order valence-electron chi connectivity index (χ3n) is 4.55. The molecule has 0 spiro atoms. The molecule has 8 heteroatoms. The minimum Gasteiger partial charge on any atom is -0.481 e. The highest BCUT2D eigenvalue weighted by Gasteiger charge is 2.44. The van der Waals surface area contributed by atoms with Crippen LogP contribution in [0.4, 0.5) is 0 Å². The first kappa shape index (κ1) is 17.8. The first-order valence-electron chi connectivity index (χ1n) is 7.96. The van der Waals surface area contributed by atoms with Crippen LogP contribution in [0.3, 0.4) is 0 Å². The summed E-state index contributed by atoms with van der Waals surface area (Å²) in [6.07, 6.45) is -5.12. The van der Waals surface area contributed by atoms with Crippen molar-refractivity contribution in [2.24, 2.45) is 0 Å². The van der Waals surface area contributed by atoms with E-state index in [9.17, 15) is 25.2 Å². The van der Waals surface area contributed by atoms with Crippen molar-refractivity contribution >= 4 is 16.9 Å². The summed E-state index contributed by atoms with van der Waals surface area (Å²) in [5.41, 5.74) is 2.13. The molecule has 1 aromatic heterocycles. The Labute approximate surface area is 143 Å². The molecule has 136 valence electrons. The fourth-order valence-electron chi connectivity index (χ4n) is 3.27. The molecule has 0 radical (unpaired) electrons. The smallest absolute Gasteiger partial charge is 0.307 e. The van der Waals surface area contributed by atoms with Crippen LogP contribution in [-0.4, -0.2) is 67.1 Å². The Hall–Kier alpha value is -1.97. The Morgan fingerprint density at radius 3 is 2.56 bits per heavy atom. The van der Waals surface area contributed by atoms with Gasteiger partial charge in [-0.1, -0.05) is 11.6 Å². The Bertz CT molecular complexity index is 785. The predicted octanol–water partition coefficient (Wildman–Crippen LogP) is -0.451. The highest BCUT2D eigenvalue weighted by Crippen LogP contribution is 2.33.